The highest BCUT2D eigenvalue weighted by Gasteiger charge is 2.42. The van der Waals surface area contributed by atoms with E-state index in [1.54, 1.807) is 58.0 Å². The molecule has 4 bridgehead atoms. The van der Waals surface area contributed by atoms with Gasteiger partial charge in [0.25, 0.3) is 0 Å². The van der Waals surface area contributed by atoms with Crippen LogP contribution in [-0.4, -0.2) is 160 Å². The number of alkyl halides is 1. The summed E-state index contributed by atoms with van der Waals surface area (Å²) in [5, 5.41) is 48.3. The van der Waals surface area contributed by atoms with E-state index in [4.69, 9.17) is 25.8 Å². The predicted octanol–water partition coefficient (Wildman–Crippen LogP) is -0.156. The Bertz CT molecular complexity index is 2360. The van der Waals surface area contributed by atoms with Gasteiger partial charge in [0.05, 0.1) is 24.0 Å². The Balaban J connectivity index is 2.03. The number of carbonyl (C=O) groups excluding carboxylic acids is 9. The largest absolute Gasteiger partial charge is 0.487 e. The molecule has 13 atom stereocenters. The smallest absolute Gasteiger partial charge is 0.332 e. The van der Waals surface area contributed by atoms with Gasteiger partial charge < -0.3 is 66.3 Å². The number of nitrogens with zero attached hydrogens (tertiary/aromatic N) is 1. The number of esters is 2. The second-order valence-corrected chi connectivity index (χ2v) is 19.4. The van der Waals surface area contributed by atoms with Gasteiger partial charge in [-0.15, -0.1) is 11.6 Å². The van der Waals surface area contributed by atoms with Gasteiger partial charge in [-0.2, -0.15) is 0 Å². The molecule has 22 nitrogen and oxygen atoms in total. The summed E-state index contributed by atoms with van der Waals surface area (Å²) in [4.78, 5) is 128. The Hall–Kier alpha value is -6.62. The fraction of sp³-hybridized carbons (Fsp3) is 0.549. The maximum absolute atomic E-state index is 15.2. The molecule has 0 spiro atoms. The lowest BCUT2D eigenvalue weighted by Crippen LogP contribution is -2.61. The molecule has 0 saturated carbocycles. The van der Waals surface area contributed by atoms with E-state index < -0.39 is 156 Å². The molecule has 23 heteroatoms. The number of aliphatic hydroxyl groups excluding tert-OH is 2. The molecule has 0 aliphatic carbocycles. The Labute approximate surface area is 435 Å². The third-order valence-electron chi connectivity index (χ3n) is 13.1. The molecule has 0 radical (unpaired) electrons. The van der Waals surface area contributed by atoms with E-state index >= 15 is 4.79 Å². The summed E-state index contributed by atoms with van der Waals surface area (Å²) in [7, 11) is 1.29. The van der Waals surface area contributed by atoms with Crippen LogP contribution in [0.5, 0.6) is 5.75 Å². The van der Waals surface area contributed by atoms with Crippen LogP contribution in [0.25, 0.3) is 0 Å². The molecule has 1 saturated heterocycles. The molecule has 0 unspecified atom stereocenters. The molecular weight excluding hydrogens is 986 g/mol. The summed E-state index contributed by atoms with van der Waals surface area (Å²) in [6, 6.07) is 4.00. The molecular formula is C51H70ClN7O15. The highest BCUT2D eigenvalue weighted by molar-refractivity contribution is 6.18. The van der Waals surface area contributed by atoms with Crippen LogP contribution in [-0.2, 0) is 59.0 Å². The maximum atomic E-state index is 15.2. The minimum atomic E-state index is -1.98. The van der Waals surface area contributed by atoms with Gasteiger partial charge in [-0.1, -0.05) is 83.5 Å². The van der Waals surface area contributed by atoms with Gasteiger partial charge >= 0.3 is 11.9 Å². The third-order valence-corrected chi connectivity index (χ3v) is 13.6. The first kappa shape index (κ1) is 59.9. The standard InChI is InChI=1S/C51H70ClN7O15/c1-10-27(4)39-46(66)58-42-33-16-18-34(19-17-33)74-31(8)51(71,25-52)21-20-37(61)53-23-38(62)72-24-35(50(70)73-30(7)41(48(68)55-39)57-44(64)28(5)43(63)26(2)3)54-47(67)40(29(6)60)56-45(65)36(59(9)49(42)69)22-32-14-12-11-13-15-32/h11-21,26-31,35-36,39-43,60,63,71H,10,22-25H2,1-9H3,(H,53,61)(H,54,67)(H,55,68)(H,56,65)(H,57,64)(H,58,66)/t27-,28+,29+,30+,31+,35-,36-,39+,40+,41-,42-,43+,51-/m0/s1. The van der Waals surface area contributed by atoms with Crippen molar-refractivity contribution in [1.29, 1.82) is 0 Å². The number of fused-ring (bicyclic) bond motifs is 11. The number of cyclic esters (lactones) is 1. The maximum Gasteiger partial charge on any atom is 0.332 e. The molecule has 9 N–H and O–H groups in total. The number of halogens is 1. The quantitative estimate of drug-likeness (QED) is 0.110. The molecule has 3 aliphatic rings. The van der Waals surface area contributed by atoms with Crippen molar-refractivity contribution in [1.82, 2.24) is 36.8 Å². The van der Waals surface area contributed by atoms with Gasteiger partial charge in [-0.05, 0) is 61.9 Å². The van der Waals surface area contributed by atoms with Crippen molar-refractivity contribution in [2.24, 2.45) is 17.8 Å². The summed E-state index contributed by atoms with van der Waals surface area (Å²) in [5.74, 6) is -11.8. The highest BCUT2D eigenvalue weighted by Crippen LogP contribution is 2.26. The Morgan fingerprint density at radius 2 is 1.46 bits per heavy atom. The number of hydrogen-bond donors (Lipinski definition) is 9. The van der Waals surface area contributed by atoms with Crippen LogP contribution in [0, 0.1) is 17.8 Å². The number of benzene rings is 2. The van der Waals surface area contributed by atoms with E-state index in [0.717, 1.165) is 24.0 Å². The number of rotatable bonds is 10. The number of hydrogen-bond acceptors (Lipinski definition) is 15. The minimum absolute atomic E-state index is 0.133. The average Bonchev–Trinajstić information content (AvgIpc) is 3.37. The van der Waals surface area contributed by atoms with E-state index in [0.29, 0.717) is 5.56 Å². The molecule has 1 fully saturated rings. The Kier molecular flexibility index (Phi) is 21.9. The fourth-order valence-electron chi connectivity index (χ4n) is 7.90. The van der Waals surface area contributed by atoms with Gasteiger partial charge in [0.15, 0.2) is 6.04 Å². The summed E-state index contributed by atoms with van der Waals surface area (Å²) in [6.45, 7) is 10.2. The zero-order valence-corrected chi connectivity index (χ0v) is 43.7. The Morgan fingerprint density at radius 3 is 2.05 bits per heavy atom. The summed E-state index contributed by atoms with van der Waals surface area (Å²) >= 11 is 6.17. The SMILES string of the molecule is CC[C@H](C)[C@H]1NC(=O)[C@@H](NC(=O)[C@H](C)[C@H](O)C(C)C)[C@@H](C)OC(=O)[C@@H]2COC(=O)CNC(=O)C=C[C@](O)(CCl)[C@@H](C)Oc3ccc(cc3)[C@H](NC1=O)C(=O)N(C)[C@@H](Cc1ccccc1)C(=O)N[C@H]([C@@H](C)O)C(=O)N2. The topological polar surface area (TPSA) is 317 Å². The van der Waals surface area contributed by atoms with E-state index in [1.807, 2.05) is 0 Å². The van der Waals surface area contributed by atoms with Crippen molar-refractivity contribution in [2.75, 3.05) is 26.1 Å². The van der Waals surface area contributed by atoms with Gasteiger partial charge in [0.1, 0.15) is 66.9 Å². The first-order chi connectivity index (χ1) is 34.8. The molecule has 74 heavy (non-hydrogen) atoms. The van der Waals surface area contributed by atoms with E-state index in [2.05, 4.69) is 31.9 Å². The van der Waals surface area contributed by atoms with Crippen LogP contribution in [0.1, 0.15) is 79.0 Å². The van der Waals surface area contributed by atoms with Crippen molar-refractivity contribution in [3.8, 4) is 5.75 Å². The van der Waals surface area contributed by atoms with Crippen molar-refractivity contribution < 1.29 is 72.7 Å². The summed E-state index contributed by atoms with van der Waals surface area (Å²) in [6.07, 6.45) is -3.61. The lowest BCUT2D eigenvalue weighted by Gasteiger charge is -2.34. The molecule has 3 aliphatic heterocycles. The molecule has 2 aromatic carbocycles. The number of likely N-dealkylation sites (N-methyl/N-ethyl adjacent to an activating group) is 1. The van der Waals surface area contributed by atoms with Crippen molar-refractivity contribution in [3.63, 3.8) is 0 Å². The van der Waals surface area contributed by atoms with Crippen LogP contribution < -0.4 is 36.6 Å². The number of aliphatic hydroxyl groups is 3. The second kappa shape index (κ2) is 27.1. The van der Waals surface area contributed by atoms with E-state index in [9.17, 15) is 53.7 Å². The molecule has 3 heterocycles. The summed E-state index contributed by atoms with van der Waals surface area (Å²) in [5.41, 5.74) is -1.28. The van der Waals surface area contributed by atoms with Gasteiger partial charge in [-0.25, -0.2) is 4.79 Å². The highest BCUT2D eigenvalue weighted by atomic mass is 35.5. The van der Waals surface area contributed by atoms with Gasteiger partial charge in [0.2, 0.25) is 41.4 Å². The van der Waals surface area contributed by atoms with Crippen molar-refractivity contribution in [3.05, 3.63) is 77.9 Å². The average molecular weight is 1060 g/mol. The molecule has 2 aromatic rings. The predicted molar refractivity (Wildman–Crippen MR) is 267 cm³/mol. The molecule has 406 valence electrons. The lowest BCUT2D eigenvalue weighted by molar-refractivity contribution is -0.160. The monoisotopic (exact) mass is 1060 g/mol. The number of amides is 7. The lowest BCUT2D eigenvalue weighted by atomic mass is 9.93. The van der Waals surface area contributed by atoms with Crippen LogP contribution >= 0.6 is 11.6 Å². The summed E-state index contributed by atoms with van der Waals surface area (Å²) < 4.78 is 17.0. The van der Waals surface area contributed by atoms with Crippen molar-refractivity contribution in [2.45, 2.75) is 134 Å². The van der Waals surface area contributed by atoms with E-state index in [-0.39, 0.29) is 24.2 Å². The molecule has 5 rings (SSSR count). The van der Waals surface area contributed by atoms with Crippen LogP contribution in [0.2, 0.25) is 0 Å². The molecule has 0 aromatic heterocycles. The number of nitrogens with one attached hydrogen (secondary N) is 6. The van der Waals surface area contributed by atoms with Gasteiger partial charge in [-0.3, -0.25) is 38.4 Å². The Morgan fingerprint density at radius 1 is 0.838 bits per heavy atom. The van der Waals surface area contributed by atoms with Crippen LogP contribution in [0.15, 0.2) is 66.7 Å². The fourth-order valence-corrected chi connectivity index (χ4v) is 8.20. The molecule has 7 amide bonds. The first-order valence-electron chi connectivity index (χ1n) is 24.4. The second-order valence-electron chi connectivity index (χ2n) is 19.1. The zero-order valence-electron chi connectivity index (χ0n) is 43.0. The van der Waals surface area contributed by atoms with Crippen LogP contribution in [0.3, 0.4) is 0 Å². The van der Waals surface area contributed by atoms with Crippen LogP contribution in [0.4, 0.5) is 0 Å². The normalized spacial score (nSPS) is 28.1. The zero-order chi connectivity index (χ0) is 55.2. The first-order valence-corrected chi connectivity index (χ1v) is 24.9. The number of ether oxygens (including phenoxy) is 3. The van der Waals surface area contributed by atoms with Gasteiger partial charge in [0, 0.05) is 19.5 Å². The third kappa shape index (κ3) is 15.9. The van der Waals surface area contributed by atoms with E-state index in [1.165, 1.54) is 52.1 Å². The van der Waals surface area contributed by atoms with Crippen molar-refractivity contribution >= 4 is 64.9 Å². The minimum Gasteiger partial charge on any atom is -0.487 e. The number of carbonyl (C=O) groups is 9.